The van der Waals surface area contributed by atoms with Crippen molar-refractivity contribution in [3.8, 4) is 0 Å². The van der Waals surface area contributed by atoms with Crippen LogP contribution in [-0.4, -0.2) is 24.7 Å². The predicted octanol–water partition coefficient (Wildman–Crippen LogP) is 5.61. The molecule has 0 nitrogen and oxygen atoms in total. The zero-order valence-electron chi connectivity index (χ0n) is 10.6. The van der Waals surface area contributed by atoms with Gasteiger partial charge in [-0.15, -0.1) is 0 Å². The second-order valence-corrected chi connectivity index (χ2v) is 3.07. The fourth-order valence-electron chi connectivity index (χ4n) is 0. The van der Waals surface area contributed by atoms with E-state index in [4.69, 9.17) is 0 Å². The van der Waals surface area contributed by atoms with Gasteiger partial charge in [0.05, 0.1) is 5.83 Å². The molecule has 0 N–H and O–H groups in total. The zero-order chi connectivity index (χ0) is 15.7. The van der Waals surface area contributed by atoms with Crippen molar-refractivity contribution < 1.29 is 48.9 Å². The Morgan fingerprint density at radius 3 is 1.05 bits per heavy atom. The molecular weight excluding hydrogens is 317 g/mol. The van der Waals surface area contributed by atoms with Gasteiger partial charge >= 0.3 is 12.1 Å². The van der Waals surface area contributed by atoms with Gasteiger partial charge in [0.25, 0.3) is 6.43 Å². The third-order valence-corrected chi connectivity index (χ3v) is 0.845. The molecule has 0 amide bonds. The van der Waals surface area contributed by atoms with Crippen molar-refractivity contribution in [1.82, 2.24) is 0 Å². The van der Waals surface area contributed by atoms with Crippen LogP contribution < -0.4 is 0 Å². The van der Waals surface area contributed by atoms with Crippen LogP contribution in [0.2, 0.25) is 0 Å². The number of hydrogen-bond acceptors (Lipinski definition) is 0. The average molecular weight is 332 g/mol. The van der Waals surface area contributed by atoms with Crippen LogP contribution in [0.5, 0.6) is 0 Å². The van der Waals surface area contributed by atoms with Crippen LogP contribution in [0, 0.1) is 0 Å². The normalized spacial score (nSPS) is 11.7. The second kappa shape index (κ2) is 13.0. The molecular formula is C9H15F11. The Morgan fingerprint density at radius 1 is 0.950 bits per heavy atom. The molecule has 11 heteroatoms. The standard InChI is InChI=1S/C3H3F5.C3H5F3.C3H5F.2FH/c1-2(4,5)3(6,7)8;1-2(4)3(5)6;1-3(2)4;;/h1H3;2-3H,1H3;1H2,2H3;2*1H. The summed E-state index contributed by atoms with van der Waals surface area (Å²) in [4.78, 5) is 0. The highest BCUT2D eigenvalue weighted by Crippen LogP contribution is 2.34. The van der Waals surface area contributed by atoms with E-state index in [9.17, 15) is 39.5 Å². The maximum atomic E-state index is 11.1. The average Bonchev–Trinajstić information content (AvgIpc) is 1.99. The third kappa shape index (κ3) is 30.2. The highest BCUT2D eigenvalue weighted by molar-refractivity contribution is 4.68. The molecule has 0 bridgehead atoms. The van der Waals surface area contributed by atoms with Crippen LogP contribution in [0.4, 0.5) is 48.9 Å². The SMILES string of the molecule is C=C(C)F.CC(F)(F)C(F)(F)F.CC(F)C(F)F.F.F. The van der Waals surface area contributed by atoms with E-state index in [1.807, 2.05) is 0 Å². The first kappa shape index (κ1) is 31.4. The van der Waals surface area contributed by atoms with E-state index in [-0.39, 0.29) is 22.2 Å². The Balaban J connectivity index is -0.0000000564. The molecule has 0 aliphatic carbocycles. The van der Waals surface area contributed by atoms with Gasteiger partial charge in [0, 0.05) is 6.92 Å². The maximum Gasteiger partial charge on any atom is 0.452 e. The molecule has 20 heavy (non-hydrogen) atoms. The van der Waals surface area contributed by atoms with Gasteiger partial charge in [-0.1, -0.05) is 6.58 Å². The Bertz CT molecular complexity index is 191. The predicted molar refractivity (Wildman–Crippen MR) is 54.2 cm³/mol. The van der Waals surface area contributed by atoms with Crippen molar-refractivity contribution in [1.29, 1.82) is 0 Å². The second-order valence-electron chi connectivity index (χ2n) is 3.07. The highest BCUT2D eigenvalue weighted by atomic mass is 19.4. The van der Waals surface area contributed by atoms with E-state index >= 15 is 0 Å². The summed E-state index contributed by atoms with van der Waals surface area (Å²) in [5, 5.41) is 0. The Labute approximate surface area is 108 Å². The van der Waals surface area contributed by atoms with Crippen LogP contribution in [0.15, 0.2) is 12.4 Å². The topological polar surface area (TPSA) is 0 Å². The van der Waals surface area contributed by atoms with Gasteiger partial charge in [-0.3, -0.25) is 9.41 Å². The van der Waals surface area contributed by atoms with E-state index in [1.165, 1.54) is 6.92 Å². The lowest BCUT2D eigenvalue weighted by Gasteiger charge is -2.12. The van der Waals surface area contributed by atoms with Crippen molar-refractivity contribution >= 4 is 0 Å². The van der Waals surface area contributed by atoms with E-state index in [1.54, 1.807) is 0 Å². The summed E-state index contributed by atoms with van der Waals surface area (Å²) in [5.41, 5.74) is 0. The number of alkyl halides is 8. The quantitative estimate of drug-likeness (QED) is 0.548. The summed E-state index contributed by atoms with van der Waals surface area (Å²) in [6, 6.07) is 0. The fourth-order valence-corrected chi connectivity index (χ4v) is 0. The van der Waals surface area contributed by atoms with Crippen molar-refractivity contribution in [3.63, 3.8) is 0 Å². The highest BCUT2D eigenvalue weighted by Gasteiger charge is 2.52. The van der Waals surface area contributed by atoms with Crippen molar-refractivity contribution in [2.75, 3.05) is 0 Å². The number of rotatable bonds is 1. The summed E-state index contributed by atoms with van der Waals surface area (Å²) in [7, 11) is 0. The molecule has 0 saturated heterocycles. The number of halogens is 11. The molecule has 0 aliphatic heterocycles. The lowest BCUT2D eigenvalue weighted by atomic mass is 10.4. The molecule has 0 rings (SSSR count). The van der Waals surface area contributed by atoms with Gasteiger partial charge in [0.1, 0.15) is 0 Å². The number of allylic oxidation sites excluding steroid dienone is 1. The van der Waals surface area contributed by atoms with Gasteiger partial charge in [-0.2, -0.15) is 22.0 Å². The Kier molecular flexibility index (Phi) is 20.4. The monoisotopic (exact) mass is 332 g/mol. The minimum Gasteiger partial charge on any atom is -0.269 e. The molecule has 0 fully saturated rings. The largest absolute Gasteiger partial charge is 0.452 e. The van der Waals surface area contributed by atoms with Gasteiger partial charge in [0.2, 0.25) is 0 Å². The third-order valence-electron chi connectivity index (χ3n) is 0.845. The van der Waals surface area contributed by atoms with Crippen molar-refractivity contribution in [2.45, 2.75) is 45.5 Å². The minimum atomic E-state index is -5.40. The maximum absolute atomic E-state index is 11.1. The summed E-state index contributed by atoms with van der Waals surface area (Å²) in [5.74, 6) is -4.90. The van der Waals surface area contributed by atoms with E-state index in [2.05, 4.69) is 6.58 Å². The van der Waals surface area contributed by atoms with Crippen LogP contribution in [0.3, 0.4) is 0 Å². The Hall–Kier alpha value is -1.03. The first-order chi connectivity index (χ1) is 7.62. The van der Waals surface area contributed by atoms with Crippen LogP contribution >= 0.6 is 0 Å². The molecule has 0 aromatic carbocycles. The molecule has 0 aliphatic rings. The molecule has 0 aromatic heterocycles. The molecule has 128 valence electrons. The molecule has 0 heterocycles. The molecule has 0 spiro atoms. The van der Waals surface area contributed by atoms with Gasteiger partial charge in [-0.05, 0) is 13.8 Å². The summed E-state index contributed by atoms with van der Waals surface area (Å²) in [6.07, 6.45) is -10.2. The van der Waals surface area contributed by atoms with Gasteiger partial charge < -0.3 is 0 Å². The summed E-state index contributed by atoms with van der Waals surface area (Å²) in [6.45, 7) is 4.83. The number of hydrogen-bond donors (Lipinski definition) is 0. The molecule has 0 radical (unpaired) electrons. The smallest absolute Gasteiger partial charge is 0.269 e. The Morgan fingerprint density at radius 2 is 1.05 bits per heavy atom. The molecule has 1 atom stereocenters. The van der Waals surface area contributed by atoms with Crippen LogP contribution in [-0.2, 0) is 0 Å². The molecule has 0 saturated carbocycles. The van der Waals surface area contributed by atoms with Gasteiger partial charge in [-0.25, -0.2) is 17.6 Å². The van der Waals surface area contributed by atoms with E-state index < -0.39 is 24.7 Å². The van der Waals surface area contributed by atoms with Crippen molar-refractivity contribution in [2.24, 2.45) is 0 Å². The van der Waals surface area contributed by atoms with E-state index in [0.717, 1.165) is 6.92 Å². The van der Waals surface area contributed by atoms with E-state index in [0.29, 0.717) is 0 Å². The van der Waals surface area contributed by atoms with Crippen LogP contribution in [0.1, 0.15) is 20.8 Å². The summed E-state index contributed by atoms with van der Waals surface area (Å²) >= 11 is 0. The fraction of sp³-hybridized carbons (Fsp3) is 0.778. The zero-order valence-corrected chi connectivity index (χ0v) is 10.6. The molecule has 1 unspecified atom stereocenters. The first-order valence-electron chi connectivity index (χ1n) is 4.30. The van der Waals surface area contributed by atoms with Crippen molar-refractivity contribution in [3.05, 3.63) is 12.4 Å². The van der Waals surface area contributed by atoms with Crippen LogP contribution in [0.25, 0.3) is 0 Å². The minimum absolute atomic E-state index is 0. The van der Waals surface area contributed by atoms with Gasteiger partial charge in [0.15, 0.2) is 6.17 Å². The summed E-state index contributed by atoms with van der Waals surface area (Å²) < 4.78 is 98.1. The molecule has 0 aromatic rings. The lowest BCUT2D eigenvalue weighted by Crippen LogP contribution is -2.32. The lowest BCUT2D eigenvalue weighted by molar-refractivity contribution is -0.273. The first-order valence-corrected chi connectivity index (χ1v) is 4.30.